The van der Waals surface area contributed by atoms with E-state index < -0.39 is 4.92 Å². The molecule has 0 saturated heterocycles. The Labute approximate surface area is 148 Å². The minimum Gasteiger partial charge on any atom is -0.494 e. The van der Waals surface area contributed by atoms with E-state index in [1.807, 2.05) is 19.1 Å². The van der Waals surface area contributed by atoms with Crippen LogP contribution in [0.1, 0.15) is 6.92 Å². The second-order valence-electron chi connectivity index (χ2n) is 5.45. The molecule has 0 aliphatic carbocycles. The normalized spacial score (nSPS) is 10.7. The molecule has 1 heterocycles. The molecular weight excluding hydrogens is 338 g/mol. The Morgan fingerprint density at radius 2 is 1.81 bits per heavy atom. The molecule has 3 aromatic rings. The van der Waals surface area contributed by atoms with E-state index in [0.717, 1.165) is 5.75 Å². The van der Waals surface area contributed by atoms with E-state index in [2.05, 4.69) is 4.98 Å². The maximum Gasteiger partial charge on any atom is 0.270 e. The zero-order valence-corrected chi connectivity index (χ0v) is 14.1. The second kappa shape index (κ2) is 7.64. The van der Waals surface area contributed by atoms with Crippen molar-refractivity contribution in [1.29, 1.82) is 0 Å². The van der Waals surface area contributed by atoms with Crippen molar-refractivity contribution < 1.29 is 14.4 Å². The molecule has 0 aliphatic heterocycles. The molecule has 0 saturated carbocycles. The van der Waals surface area contributed by atoms with Crippen molar-refractivity contribution in [3.8, 4) is 11.5 Å². The number of benzene rings is 2. The number of nitro groups is 1. The Bertz CT molecular complexity index is 982. The topological polar surface area (TPSA) is 96.5 Å². The molecule has 0 aliphatic rings. The lowest BCUT2D eigenvalue weighted by molar-refractivity contribution is -0.384. The Balaban J connectivity index is 1.71. The van der Waals surface area contributed by atoms with Gasteiger partial charge in [-0.15, -0.1) is 0 Å². The van der Waals surface area contributed by atoms with Crippen LogP contribution in [-0.4, -0.2) is 27.7 Å². The highest BCUT2D eigenvalue weighted by Crippen LogP contribution is 2.18. The number of hydrogen-bond donors (Lipinski definition) is 0. The summed E-state index contributed by atoms with van der Waals surface area (Å²) in [7, 11) is 0. The molecule has 0 fully saturated rings. The van der Waals surface area contributed by atoms with Crippen LogP contribution < -0.4 is 15.0 Å². The zero-order valence-electron chi connectivity index (χ0n) is 14.1. The Morgan fingerprint density at radius 1 is 1.12 bits per heavy atom. The van der Waals surface area contributed by atoms with Crippen LogP contribution in [0.4, 0.5) is 5.69 Å². The summed E-state index contributed by atoms with van der Waals surface area (Å²) >= 11 is 0. The van der Waals surface area contributed by atoms with Crippen molar-refractivity contribution in [2.24, 2.45) is 0 Å². The van der Waals surface area contributed by atoms with Gasteiger partial charge in [-0.1, -0.05) is 0 Å². The van der Waals surface area contributed by atoms with Gasteiger partial charge in [-0.05, 0) is 37.3 Å². The number of fused-ring (bicyclic) bond motifs is 1. The number of nitrogens with zero attached hydrogens (tertiary/aromatic N) is 3. The maximum atomic E-state index is 12.5. The molecule has 8 nitrogen and oxygen atoms in total. The highest BCUT2D eigenvalue weighted by Gasteiger charge is 2.10. The number of non-ortho nitro benzene ring substituents is 1. The van der Waals surface area contributed by atoms with Gasteiger partial charge in [0, 0.05) is 12.1 Å². The molecule has 0 spiro atoms. The average molecular weight is 355 g/mol. The van der Waals surface area contributed by atoms with Crippen molar-refractivity contribution in [3.05, 3.63) is 69.3 Å². The van der Waals surface area contributed by atoms with Crippen LogP contribution in [0, 0.1) is 10.1 Å². The minimum absolute atomic E-state index is 0.139. The minimum atomic E-state index is -0.536. The molecule has 0 atom stereocenters. The summed E-state index contributed by atoms with van der Waals surface area (Å²) in [4.78, 5) is 27.0. The first-order chi connectivity index (χ1) is 12.6. The summed E-state index contributed by atoms with van der Waals surface area (Å²) in [5, 5.41) is 11.1. The molecule has 8 heteroatoms. The summed E-state index contributed by atoms with van der Waals surface area (Å²) in [6.45, 7) is 3.04. The van der Waals surface area contributed by atoms with E-state index in [4.69, 9.17) is 9.47 Å². The predicted octanol–water partition coefficient (Wildman–Crippen LogP) is 2.78. The second-order valence-corrected chi connectivity index (χ2v) is 5.45. The SMILES string of the molecule is CCOc1ccc(OCCn2cnc3ccc([N+](=O)[O-])cc3c2=O)cc1. The fraction of sp³-hybridized carbons (Fsp3) is 0.222. The highest BCUT2D eigenvalue weighted by atomic mass is 16.6. The predicted molar refractivity (Wildman–Crippen MR) is 95.8 cm³/mol. The molecule has 1 aromatic heterocycles. The van der Waals surface area contributed by atoms with Crippen LogP contribution in [0.25, 0.3) is 10.9 Å². The Kier molecular flexibility index (Phi) is 5.12. The molecule has 2 aromatic carbocycles. The van der Waals surface area contributed by atoms with Gasteiger partial charge in [0.15, 0.2) is 0 Å². The number of ether oxygens (including phenoxy) is 2. The lowest BCUT2D eigenvalue weighted by Gasteiger charge is -2.09. The van der Waals surface area contributed by atoms with Gasteiger partial charge < -0.3 is 9.47 Å². The smallest absolute Gasteiger partial charge is 0.270 e. The van der Waals surface area contributed by atoms with E-state index >= 15 is 0 Å². The number of nitro benzene ring substituents is 1. The zero-order chi connectivity index (χ0) is 18.5. The summed E-state index contributed by atoms with van der Waals surface area (Å²) in [6, 6.07) is 11.2. The average Bonchev–Trinajstić information content (AvgIpc) is 2.65. The molecule has 0 amide bonds. The molecule has 0 N–H and O–H groups in total. The van der Waals surface area contributed by atoms with Crippen LogP contribution in [0.15, 0.2) is 53.6 Å². The molecular formula is C18H17N3O5. The molecule has 134 valence electrons. The fourth-order valence-electron chi connectivity index (χ4n) is 2.48. The lowest BCUT2D eigenvalue weighted by atomic mass is 10.2. The first kappa shape index (κ1) is 17.4. The first-order valence-electron chi connectivity index (χ1n) is 8.07. The summed E-state index contributed by atoms with van der Waals surface area (Å²) in [5.41, 5.74) is -0.0573. The van der Waals surface area contributed by atoms with E-state index in [1.165, 1.54) is 29.1 Å². The number of hydrogen-bond acceptors (Lipinski definition) is 6. The van der Waals surface area contributed by atoms with Crippen molar-refractivity contribution >= 4 is 16.6 Å². The molecule has 0 unspecified atom stereocenters. The van der Waals surface area contributed by atoms with Crippen molar-refractivity contribution in [3.63, 3.8) is 0 Å². The van der Waals surface area contributed by atoms with Gasteiger partial charge in [-0.3, -0.25) is 19.5 Å². The summed E-state index contributed by atoms with van der Waals surface area (Å²) in [5.74, 6) is 1.42. The quantitative estimate of drug-likeness (QED) is 0.477. The summed E-state index contributed by atoms with van der Waals surface area (Å²) in [6.07, 6.45) is 1.41. The van der Waals surface area contributed by atoms with Gasteiger partial charge in [-0.2, -0.15) is 0 Å². The third-order valence-corrected chi connectivity index (χ3v) is 3.75. The Hall–Kier alpha value is -3.42. The standard InChI is InChI=1S/C18H17N3O5/c1-2-25-14-4-6-15(7-5-14)26-10-9-20-12-19-17-8-3-13(21(23)24)11-16(17)18(20)22/h3-8,11-12H,2,9-10H2,1H3. The van der Waals surface area contributed by atoms with Gasteiger partial charge in [-0.25, -0.2) is 4.98 Å². The van der Waals surface area contributed by atoms with Gasteiger partial charge in [0.05, 0.1) is 35.3 Å². The first-order valence-corrected chi connectivity index (χ1v) is 8.07. The number of rotatable bonds is 7. The van der Waals surface area contributed by atoms with Gasteiger partial charge in [0.25, 0.3) is 11.2 Å². The monoisotopic (exact) mass is 355 g/mol. The number of aromatic nitrogens is 2. The largest absolute Gasteiger partial charge is 0.494 e. The highest BCUT2D eigenvalue weighted by molar-refractivity contribution is 5.79. The van der Waals surface area contributed by atoms with Gasteiger partial charge >= 0.3 is 0 Å². The third kappa shape index (κ3) is 3.80. The van der Waals surface area contributed by atoms with Crippen LogP contribution >= 0.6 is 0 Å². The Morgan fingerprint density at radius 3 is 2.46 bits per heavy atom. The van der Waals surface area contributed by atoms with E-state index in [-0.39, 0.29) is 29.8 Å². The third-order valence-electron chi connectivity index (χ3n) is 3.75. The van der Waals surface area contributed by atoms with E-state index in [1.54, 1.807) is 12.1 Å². The fourth-order valence-corrected chi connectivity index (χ4v) is 2.48. The van der Waals surface area contributed by atoms with Crippen LogP contribution in [0.3, 0.4) is 0 Å². The van der Waals surface area contributed by atoms with E-state index in [9.17, 15) is 14.9 Å². The maximum absolute atomic E-state index is 12.5. The van der Waals surface area contributed by atoms with Gasteiger partial charge in [0.2, 0.25) is 0 Å². The van der Waals surface area contributed by atoms with Gasteiger partial charge in [0.1, 0.15) is 18.1 Å². The lowest BCUT2D eigenvalue weighted by Crippen LogP contribution is -2.23. The van der Waals surface area contributed by atoms with Crippen molar-refractivity contribution in [1.82, 2.24) is 9.55 Å². The van der Waals surface area contributed by atoms with Crippen LogP contribution in [0.5, 0.6) is 11.5 Å². The van der Waals surface area contributed by atoms with Crippen molar-refractivity contribution in [2.45, 2.75) is 13.5 Å². The molecule has 26 heavy (non-hydrogen) atoms. The van der Waals surface area contributed by atoms with E-state index in [0.29, 0.717) is 17.9 Å². The molecule has 0 bridgehead atoms. The molecule has 3 rings (SSSR count). The summed E-state index contributed by atoms with van der Waals surface area (Å²) < 4.78 is 12.4. The van der Waals surface area contributed by atoms with Crippen molar-refractivity contribution in [2.75, 3.05) is 13.2 Å². The van der Waals surface area contributed by atoms with Crippen LogP contribution in [-0.2, 0) is 6.54 Å². The molecule has 0 radical (unpaired) electrons. The van der Waals surface area contributed by atoms with Crippen LogP contribution in [0.2, 0.25) is 0 Å².